The lowest BCUT2D eigenvalue weighted by Crippen LogP contribution is -2.31. The number of ether oxygens (including phenoxy) is 1. The summed E-state index contributed by atoms with van der Waals surface area (Å²) in [5.41, 5.74) is 0.960. The van der Waals surface area contributed by atoms with E-state index in [1.165, 1.54) is 0 Å². The zero-order chi connectivity index (χ0) is 13.5. The van der Waals surface area contributed by atoms with Crippen LogP contribution in [0.3, 0.4) is 0 Å². The fourth-order valence-corrected chi connectivity index (χ4v) is 2.57. The van der Waals surface area contributed by atoms with Gasteiger partial charge >= 0.3 is 5.97 Å². The van der Waals surface area contributed by atoms with Crippen molar-refractivity contribution in [2.75, 3.05) is 0 Å². The third-order valence-corrected chi connectivity index (χ3v) is 3.54. The Kier molecular flexibility index (Phi) is 3.32. The van der Waals surface area contributed by atoms with Gasteiger partial charge in [0, 0.05) is 10.0 Å². The molecule has 18 heavy (non-hydrogen) atoms. The molecule has 4 heteroatoms. The average molecular weight is 311 g/mol. The normalized spacial score (nSPS) is 18.7. The molecular weight excluding hydrogens is 296 g/mol. The van der Waals surface area contributed by atoms with E-state index in [0.29, 0.717) is 12.0 Å². The molecule has 2 rings (SSSR count). The molecule has 0 bridgehead atoms. The summed E-state index contributed by atoms with van der Waals surface area (Å²) in [5.74, 6) is -1.27. The molecule has 0 heterocycles. The maximum atomic E-state index is 12.2. The molecule has 1 atom stereocenters. The maximum Gasteiger partial charge on any atom is 0.317 e. The largest absolute Gasteiger partial charge is 0.459 e. The zero-order valence-corrected chi connectivity index (χ0v) is 12.2. The van der Waals surface area contributed by atoms with E-state index < -0.39 is 17.5 Å². The Hall–Kier alpha value is -1.16. The average Bonchev–Trinajstić information content (AvgIpc) is 2.56. The monoisotopic (exact) mass is 310 g/mol. The number of hydrogen-bond donors (Lipinski definition) is 0. The molecule has 0 aliphatic heterocycles. The highest BCUT2D eigenvalue weighted by Crippen LogP contribution is 2.33. The Bertz CT molecular complexity index is 514. The van der Waals surface area contributed by atoms with Crippen LogP contribution in [0.4, 0.5) is 0 Å². The Labute approximate surface area is 115 Å². The van der Waals surface area contributed by atoms with Crippen molar-refractivity contribution in [3.63, 3.8) is 0 Å². The van der Waals surface area contributed by atoms with Crippen molar-refractivity contribution in [3.8, 4) is 0 Å². The van der Waals surface area contributed by atoms with E-state index in [-0.39, 0.29) is 5.78 Å². The summed E-state index contributed by atoms with van der Waals surface area (Å²) in [7, 11) is 0. The highest BCUT2D eigenvalue weighted by molar-refractivity contribution is 9.10. The van der Waals surface area contributed by atoms with Gasteiger partial charge in [-0.3, -0.25) is 9.59 Å². The van der Waals surface area contributed by atoms with Gasteiger partial charge in [0.1, 0.15) is 11.5 Å². The number of carbonyl (C=O) groups excluding carboxylic acids is 2. The van der Waals surface area contributed by atoms with Crippen LogP contribution in [-0.2, 0) is 16.0 Å². The lowest BCUT2D eigenvalue weighted by Gasteiger charge is -2.21. The molecule has 0 aromatic heterocycles. The molecule has 96 valence electrons. The molecule has 1 aliphatic carbocycles. The standard InChI is InChI=1S/C14H15BrO3/c1-14(2,3)18-13(17)10-7-9-8(12(10)16)5-4-6-11(9)15/h4-6,10H,7H2,1-3H3. The van der Waals surface area contributed by atoms with Crippen LogP contribution in [0, 0.1) is 5.92 Å². The molecule has 0 fully saturated rings. The van der Waals surface area contributed by atoms with Crippen LogP contribution in [0.15, 0.2) is 22.7 Å². The molecule has 0 saturated heterocycles. The van der Waals surface area contributed by atoms with E-state index in [4.69, 9.17) is 4.74 Å². The second-order valence-corrected chi connectivity index (χ2v) is 6.27. The summed E-state index contributed by atoms with van der Waals surface area (Å²) >= 11 is 3.41. The van der Waals surface area contributed by atoms with Crippen LogP contribution in [0.5, 0.6) is 0 Å². The molecule has 3 nitrogen and oxygen atoms in total. The summed E-state index contributed by atoms with van der Waals surface area (Å²) < 4.78 is 6.16. The van der Waals surface area contributed by atoms with E-state index in [0.717, 1.165) is 10.0 Å². The maximum absolute atomic E-state index is 12.2. The van der Waals surface area contributed by atoms with Gasteiger partial charge in [0.25, 0.3) is 0 Å². The molecule has 1 unspecified atom stereocenters. The number of hydrogen-bond acceptors (Lipinski definition) is 3. The van der Waals surface area contributed by atoms with Gasteiger partial charge < -0.3 is 4.74 Å². The lowest BCUT2D eigenvalue weighted by molar-refractivity contribution is -0.157. The van der Waals surface area contributed by atoms with Crippen molar-refractivity contribution in [2.24, 2.45) is 5.92 Å². The Morgan fingerprint density at radius 1 is 1.39 bits per heavy atom. The van der Waals surface area contributed by atoms with Gasteiger partial charge in [-0.2, -0.15) is 0 Å². The first-order valence-electron chi connectivity index (χ1n) is 5.84. The number of carbonyl (C=O) groups is 2. The fourth-order valence-electron chi connectivity index (χ4n) is 2.04. The van der Waals surface area contributed by atoms with Crippen molar-refractivity contribution in [1.82, 2.24) is 0 Å². The first-order chi connectivity index (χ1) is 8.29. The van der Waals surface area contributed by atoms with Crippen LogP contribution in [-0.4, -0.2) is 17.4 Å². The van der Waals surface area contributed by atoms with Crippen LogP contribution in [0.1, 0.15) is 36.7 Å². The predicted molar refractivity (Wildman–Crippen MR) is 71.5 cm³/mol. The minimum Gasteiger partial charge on any atom is -0.459 e. The molecule has 0 saturated carbocycles. The van der Waals surface area contributed by atoms with E-state index in [2.05, 4.69) is 15.9 Å². The van der Waals surface area contributed by atoms with Gasteiger partial charge in [0.15, 0.2) is 5.78 Å². The minimum atomic E-state index is -0.696. The zero-order valence-electron chi connectivity index (χ0n) is 10.6. The fraction of sp³-hybridized carbons (Fsp3) is 0.429. The third kappa shape index (κ3) is 2.48. The van der Waals surface area contributed by atoms with Gasteiger partial charge in [-0.25, -0.2) is 0 Å². The van der Waals surface area contributed by atoms with Crippen LogP contribution in [0.25, 0.3) is 0 Å². The smallest absolute Gasteiger partial charge is 0.317 e. The molecule has 0 spiro atoms. The summed E-state index contributed by atoms with van der Waals surface area (Å²) in [4.78, 5) is 24.1. The molecular formula is C14H15BrO3. The number of Topliss-reactive ketones (excluding diaryl/α,β-unsaturated/α-hetero) is 1. The Morgan fingerprint density at radius 3 is 2.61 bits per heavy atom. The second kappa shape index (κ2) is 4.50. The Morgan fingerprint density at radius 2 is 2.06 bits per heavy atom. The van der Waals surface area contributed by atoms with Crippen LogP contribution >= 0.6 is 15.9 Å². The quantitative estimate of drug-likeness (QED) is 0.591. The number of esters is 1. The summed E-state index contributed by atoms with van der Waals surface area (Å²) in [6.07, 6.45) is 0.421. The van der Waals surface area contributed by atoms with Gasteiger partial charge in [-0.1, -0.05) is 28.1 Å². The Balaban J connectivity index is 2.24. The second-order valence-electron chi connectivity index (χ2n) is 5.42. The number of benzene rings is 1. The van der Waals surface area contributed by atoms with Crippen molar-refractivity contribution in [1.29, 1.82) is 0 Å². The number of ketones is 1. The first-order valence-corrected chi connectivity index (χ1v) is 6.63. The van der Waals surface area contributed by atoms with Gasteiger partial charge in [-0.05, 0) is 38.8 Å². The third-order valence-electron chi connectivity index (χ3n) is 2.80. The van der Waals surface area contributed by atoms with E-state index in [1.54, 1.807) is 32.9 Å². The topological polar surface area (TPSA) is 43.4 Å². The van der Waals surface area contributed by atoms with Crippen LogP contribution in [0.2, 0.25) is 0 Å². The number of halogens is 1. The van der Waals surface area contributed by atoms with Crippen molar-refractivity contribution >= 4 is 27.7 Å². The molecule has 0 amide bonds. The van der Waals surface area contributed by atoms with Crippen LogP contribution < -0.4 is 0 Å². The highest BCUT2D eigenvalue weighted by Gasteiger charge is 2.39. The van der Waals surface area contributed by atoms with Crippen molar-refractivity contribution < 1.29 is 14.3 Å². The number of fused-ring (bicyclic) bond motifs is 1. The summed E-state index contributed by atoms with van der Waals surface area (Å²) in [6, 6.07) is 5.44. The SMILES string of the molecule is CC(C)(C)OC(=O)C1Cc2c(Br)cccc2C1=O. The molecule has 0 N–H and O–H groups in total. The molecule has 1 aliphatic rings. The van der Waals surface area contributed by atoms with Crippen molar-refractivity contribution in [2.45, 2.75) is 32.8 Å². The number of rotatable bonds is 1. The van der Waals surface area contributed by atoms with E-state index in [9.17, 15) is 9.59 Å². The lowest BCUT2D eigenvalue weighted by atomic mass is 10.1. The predicted octanol–water partition coefficient (Wildman–Crippen LogP) is 3.15. The molecule has 1 aromatic carbocycles. The minimum absolute atomic E-state index is 0.138. The van der Waals surface area contributed by atoms with E-state index in [1.807, 2.05) is 6.07 Å². The summed E-state index contributed by atoms with van der Waals surface area (Å²) in [5, 5.41) is 0. The highest BCUT2D eigenvalue weighted by atomic mass is 79.9. The molecule has 1 aromatic rings. The van der Waals surface area contributed by atoms with Gasteiger partial charge in [-0.15, -0.1) is 0 Å². The van der Waals surface area contributed by atoms with Gasteiger partial charge in [0.05, 0.1) is 0 Å². The van der Waals surface area contributed by atoms with E-state index >= 15 is 0 Å². The van der Waals surface area contributed by atoms with Crippen molar-refractivity contribution in [3.05, 3.63) is 33.8 Å². The van der Waals surface area contributed by atoms with Gasteiger partial charge in [0.2, 0.25) is 0 Å². The molecule has 0 radical (unpaired) electrons. The first kappa shape index (κ1) is 13.3. The summed E-state index contributed by atoms with van der Waals surface area (Å²) in [6.45, 7) is 5.40.